The third-order valence-corrected chi connectivity index (χ3v) is 16.1. The van der Waals surface area contributed by atoms with Crippen LogP contribution in [0.25, 0.3) is 0 Å². The van der Waals surface area contributed by atoms with Gasteiger partial charge in [0.25, 0.3) is 0 Å². The topological polar surface area (TPSA) is 46.5 Å². The Labute approximate surface area is 276 Å². The minimum atomic E-state index is -2.57. The second-order valence-corrected chi connectivity index (χ2v) is 18.0. The van der Waals surface area contributed by atoms with E-state index in [1.165, 1.54) is 21.0 Å². The van der Waals surface area contributed by atoms with Gasteiger partial charge in [-0.3, -0.25) is 0 Å². The van der Waals surface area contributed by atoms with Gasteiger partial charge in [0.1, 0.15) is 14.2 Å². The van der Waals surface area contributed by atoms with Crippen molar-refractivity contribution in [2.75, 3.05) is 6.61 Å². The molecule has 234 valence electrons. The number of aliphatic hydroxyl groups excluding tert-OH is 1. The van der Waals surface area contributed by atoms with E-state index < -0.39 is 22.1 Å². The van der Waals surface area contributed by atoms with Crippen molar-refractivity contribution in [3.05, 3.63) is 162 Å². The Balaban J connectivity index is 1.60. The van der Waals surface area contributed by atoms with E-state index in [2.05, 4.69) is 130 Å². The van der Waals surface area contributed by atoms with Crippen LogP contribution in [0.3, 0.4) is 0 Å². The predicted molar refractivity (Wildman–Crippen MR) is 197 cm³/mol. The fraction of sp³-hybridized carbons (Fsp3) is 0.195. The van der Waals surface area contributed by atoms with Crippen LogP contribution in [-0.2, 0) is 4.74 Å². The van der Waals surface area contributed by atoms with Gasteiger partial charge in [0.2, 0.25) is 0 Å². The molecule has 0 bridgehead atoms. The van der Waals surface area contributed by atoms with Gasteiger partial charge in [-0.1, -0.05) is 159 Å². The van der Waals surface area contributed by atoms with E-state index in [0.717, 1.165) is 10.5 Å². The molecule has 0 amide bonds. The molecule has 0 spiro atoms. The Morgan fingerprint density at radius 2 is 1.20 bits per heavy atom. The van der Waals surface area contributed by atoms with Crippen molar-refractivity contribution in [3.63, 3.8) is 0 Å². The summed E-state index contributed by atoms with van der Waals surface area (Å²) in [6.45, 7) is 6.66. The van der Waals surface area contributed by atoms with Crippen molar-refractivity contribution >= 4 is 48.3 Å². The number of carbonyl (C=O) groups excluding carboxylic acids is 1. The molecule has 5 rings (SSSR count). The number of hydrogen-bond donors (Lipinski definition) is 1. The van der Waals surface area contributed by atoms with Gasteiger partial charge in [-0.05, 0) is 71.2 Å². The van der Waals surface area contributed by atoms with Crippen molar-refractivity contribution in [2.24, 2.45) is 5.92 Å². The van der Waals surface area contributed by atoms with Crippen LogP contribution in [0.2, 0.25) is 6.55 Å². The van der Waals surface area contributed by atoms with Crippen LogP contribution >= 0.6 is 7.92 Å². The molecule has 5 aromatic rings. The Hall–Kier alpha value is -4.08. The zero-order chi connectivity index (χ0) is 32.4. The number of hydrogen-bond acceptors (Lipinski definition) is 3. The zero-order valence-corrected chi connectivity index (χ0v) is 28.8. The highest BCUT2D eigenvalue weighted by atomic mass is 31.1. The average molecular weight is 643 g/mol. The highest BCUT2D eigenvalue weighted by Crippen LogP contribution is 2.35. The SMILES string of the molecule is C/C=C(/[C@H](C[C@H](C)CCO)OC(=O)c1ccccc1P(c1ccccc1)c1ccccc1)[Si](C)(c1ccccc1)c1ccccc1. The largest absolute Gasteiger partial charge is 0.455 e. The van der Waals surface area contributed by atoms with Crippen molar-refractivity contribution < 1.29 is 14.6 Å². The van der Waals surface area contributed by atoms with E-state index in [4.69, 9.17) is 4.74 Å². The molecule has 3 nitrogen and oxygen atoms in total. The fourth-order valence-corrected chi connectivity index (χ4v) is 13.0. The van der Waals surface area contributed by atoms with E-state index in [9.17, 15) is 9.90 Å². The molecule has 0 saturated carbocycles. The van der Waals surface area contributed by atoms with Gasteiger partial charge in [0.05, 0.1) is 5.56 Å². The van der Waals surface area contributed by atoms with Crippen molar-refractivity contribution in [1.82, 2.24) is 0 Å². The van der Waals surface area contributed by atoms with E-state index in [1.54, 1.807) is 0 Å². The minimum Gasteiger partial charge on any atom is -0.455 e. The van der Waals surface area contributed by atoms with E-state index >= 15 is 0 Å². The zero-order valence-electron chi connectivity index (χ0n) is 26.9. The quantitative estimate of drug-likeness (QED) is 0.0878. The summed E-state index contributed by atoms with van der Waals surface area (Å²) in [6.07, 6.45) is 3.00. The molecule has 0 saturated heterocycles. The molecular weight excluding hydrogens is 600 g/mol. The summed E-state index contributed by atoms with van der Waals surface area (Å²) in [5.41, 5.74) is 0.597. The van der Waals surface area contributed by atoms with Crippen molar-refractivity contribution in [3.8, 4) is 0 Å². The van der Waals surface area contributed by atoms with Gasteiger partial charge in [0.15, 0.2) is 0 Å². The Morgan fingerprint density at radius 3 is 1.67 bits per heavy atom. The van der Waals surface area contributed by atoms with Crippen LogP contribution in [-0.4, -0.2) is 31.9 Å². The smallest absolute Gasteiger partial charge is 0.339 e. The standard InChI is InChI=1S/C41H43O3PSi/c1-4-40(46(3,35-23-13-7-14-24-35)36-25-15-8-16-26-36)38(31-32(2)29-30-42)44-41(43)37-27-17-18-28-39(37)45(33-19-9-5-10-20-33)34-21-11-6-12-22-34/h4-28,32,38,42H,29-31H2,1-3H3/b40-4-/t32-,38+/m1/s1. The normalized spacial score (nSPS) is 13.3. The molecule has 5 heteroatoms. The lowest BCUT2D eigenvalue weighted by molar-refractivity contribution is 0.0339. The van der Waals surface area contributed by atoms with Crippen molar-refractivity contribution in [1.29, 1.82) is 0 Å². The highest BCUT2D eigenvalue weighted by Gasteiger charge is 2.41. The van der Waals surface area contributed by atoms with Crippen LogP contribution < -0.4 is 26.3 Å². The molecule has 0 heterocycles. The summed E-state index contributed by atoms with van der Waals surface area (Å²) < 4.78 is 6.71. The van der Waals surface area contributed by atoms with Crippen LogP contribution in [0.5, 0.6) is 0 Å². The van der Waals surface area contributed by atoms with Crippen LogP contribution in [0, 0.1) is 5.92 Å². The molecule has 2 atom stereocenters. The Bertz CT molecular complexity index is 1630. The van der Waals surface area contributed by atoms with E-state index in [-0.39, 0.29) is 18.5 Å². The number of benzene rings is 5. The molecule has 0 fully saturated rings. The molecular formula is C41H43O3PSi. The van der Waals surface area contributed by atoms with Gasteiger partial charge in [0, 0.05) is 6.61 Å². The minimum absolute atomic E-state index is 0.0976. The maximum Gasteiger partial charge on any atom is 0.339 e. The summed E-state index contributed by atoms with van der Waals surface area (Å²) in [7, 11) is -3.57. The average Bonchev–Trinajstić information content (AvgIpc) is 3.10. The third kappa shape index (κ3) is 7.48. The van der Waals surface area contributed by atoms with Crippen LogP contribution in [0.1, 0.15) is 37.0 Å². The Kier molecular flexibility index (Phi) is 11.5. The van der Waals surface area contributed by atoms with Gasteiger partial charge in [-0.2, -0.15) is 0 Å². The van der Waals surface area contributed by atoms with Crippen LogP contribution in [0.15, 0.2) is 157 Å². The van der Waals surface area contributed by atoms with Gasteiger partial charge in [-0.15, -0.1) is 0 Å². The van der Waals surface area contributed by atoms with Gasteiger partial charge >= 0.3 is 5.97 Å². The van der Waals surface area contributed by atoms with Gasteiger partial charge < -0.3 is 9.84 Å². The summed E-state index contributed by atoms with van der Waals surface area (Å²) in [5, 5.41) is 16.9. The Morgan fingerprint density at radius 1 is 0.739 bits per heavy atom. The summed E-state index contributed by atoms with van der Waals surface area (Å²) >= 11 is 0. The van der Waals surface area contributed by atoms with Crippen molar-refractivity contribution in [2.45, 2.75) is 39.3 Å². The number of carbonyl (C=O) groups is 1. The summed E-state index contributed by atoms with van der Waals surface area (Å²) in [6, 6.07) is 50.1. The lowest BCUT2D eigenvalue weighted by Gasteiger charge is -2.37. The molecule has 0 aromatic heterocycles. The first-order valence-corrected chi connectivity index (χ1v) is 19.9. The lowest BCUT2D eigenvalue weighted by Crippen LogP contribution is -2.60. The molecule has 5 aromatic carbocycles. The molecule has 0 radical (unpaired) electrons. The maximum absolute atomic E-state index is 14.5. The first-order valence-electron chi connectivity index (χ1n) is 16.1. The number of ether oxygens (including phenoxy) is 1. The maximum atomic E-state index is 14.5. The molecule has 0 aliphatic heterocycles. The summed E-state index contributed by atoms with van der Waals surface area (Å²) in [5.74, 6) is -0.156. The van der Waals surface area contributed by atoms with Crippen LogP contribution in [0.4, 0.5) is 0 Å². The summed E-state index contributed by atoms with van der Waals surface area (Å²) in [4.78, 5) is 14.5. The second kappa shape index (κ2) is 16.0. The second-order valence-electron chi connectivity index (χ2n) is 11.9. The first-order chi connectivity index (χ1) is 22.5. The van der Waals surface area contributed by atoms with E-state index in [0.29, 0.717) is 18.4 Å². The molecule has 0 aliphatic rings. The molecule has 0 aliphatic carbocycles. The van der Waals surface area contributed by atoms with E-state index in [1.807, 2.05) is 42.5 Å². The molecule has 1 N–H and O–H groups in total. The monoisotopic (exact) mass is 642 g/mol. The highest BCUT2D eigenvalue weighted by molar-refractivity contribution is 7.80. The lowest BCUT2D eigenvalue weighted by atomic mass is 10.00. The first kappa shape index (κ1) is 33.3. The predicted octanol–water partition coefficient (Wildman–Crippen LogP) is 6.76. The number of rotatable bonds is 13. The fourth-order valence-electron chi connectivity index (χ4n) is 6.40. The molecule has 0 unspecified atom stereocenters. The third-order valence-electron chi connectivity index (χ3n) is 8.82. The number of esters is 1. The van der Waals surface area contributed by atoms with Gasteiger partial charge in [-0.25, -0.2) is 4.79 Å². The number of aliphatic hydroxyl groups is 1. The molecule has 46 heavy (non-hydrogen) atoms. The number of allylic oxidation sites excluding steroid dienone is 1.